The van der Waals surface area contributed by atoms with Gasteiger partial charge in [0.05, 0.1) is 29.3 Å². The molecule has 0 saturated heterocycles. The van der Waals surface area contributed by atoms with Gasteiger partial charge in [0.2, 0.25) is 0 Å². The lowest BCUT2D eigenvalue weighted by Gasteiger charge is -2.11. The molecule has 0 amide bonds. The van der Waals surface area contributed by atoms with Crippen molar-refractivity contribution in [2.45, 2.75) is 13.3 Å². The van der Waals surface area contributed by atoms with Gasteiger partial charge >= 0.3 is 0 Å². The minimum Gasteiger partial charge on any atom is -0.359 e. The van der Waals surface area contributed by atoms with Crippen molar-refractivity contribution in [3.05, 3.63) is 67.1 Å². The van der Waals surface area contributed by atoms with E-state index in [1.54, 1.807) is 6.33 Å². The highest BCUT2D eigenvalue weighted by Gasteiger charge is 2.13. The summed E-state index contributed by atoms with van der Waals surface area (Å²) in [5, 5.41) is 8.63. The van der Waals surface area contributed by atoms with Crippen LogP contribution in [0.2, 0.25) is 0 Å². The molecule has 0 unspecified atom stereocenters. The second kappa shape index (κ2) is 7.16. The minimum absolute atomic E-state index is 0.739. The fourth-order valence-electron chi connectivity index (χ4n) is 4.34. The molecule has 3 N–H and O–H groups in total. The summed E-state index contributed by atoms with van der Waals surface area (Å²) < 4.78 is 0. The number of nitrogens with one attached hydrogen (secondary N) is 3. The van der Waals surface area contributed by atoms with E-state index in [1.165, 1.54) is 5.39 Å². The van der Waals surface area contributed by atoms with Crippen LogP contribution in [0.25, 0.3) is 55.0 Å². The number of H-pyrrole nitrogens is 2. The molecule has 3 aromatic heterocycles. The van der Waals surface area contributed by atoms with Crippen LogP contribution >= 0.6 is 0 Å². The third-order valence-corrected chi connectivity index (χ3v) is 5.98. The molecule has 3 heterocycles. The zero-order valence-corrected chi connectivity index (χ0v) is 17.8. The van der Waals surface area contributed by atoms with Gasteiger partial charge in [-0.2, -0.15) is 0 Å². The number of aryl methyl sites for hydroxylation is 1. The average Bonchev–Trinajstić information content (AvgIpc) is 3.53. The lowest BCUT2D eigenvalue weighted by molar-refractivity contribution is 0.991. The molecule has 0 aliphatic carbocycles. The smallest absolute Gasteiger partial charge is 0.200 e. The van der Waals surface area contributed by atoms with Crippen molar-refractivity contribution in [3.8, 4) is 22.5 Å². The lowest BCUT2D eigenvalue weighted by Crippen LogP contribution is -1.90. The summed E-state index contributed by atoms with van der Waals surface area (Å²) in [6.07, 6.45) is 8.13. The molecule has 0 aliphatic heterocycles. The Morgan fingerprint density at radius 2 is 1.47 bits per heavy atom. The molecule has 0 fully saturated rings. The molecule has 0 radical (unpaired) electrons. The molecule has 0 spiro atoms. The SMILES string of the molecule is CCc1ncc(-c2ccc3c(c2)c2cncnc2c2cc(-c4cnc(NC)[nH]4)ccc32)[nH]1. The van der Waals surface area contributed by atoms with E-state index in [2.05, 4.69) is 78.5 Å². The van der Waals surface area contributed by atoms with Crippen LogP contribution in [-0.4, -0.2) is 37.0 Å². The summed E-state index contributed by atoms with van der Waals surface area (Å²) >= 11 is 0. The molecule has 0 bridgehead atoms. The number of fused-ring (bicyclic) bond motifs is 6. The molecule has 3 aromatic carbocycles. The number of aromatic nitrogens is 6. The quantitative estimate of drug-likeness (QED) is 0.336. The van der Waals surface area contributed by atoms with Crippen LogP contribution in [0.3, 0.4) is 0 Å². The molecular formula is C25H21N7. The van der Waals surface area contributed by atoms with Gasteiger partial charge in [0, 0.05) is 41.6 Å². The number of nitrogens with zero attached hydrogens (tertiary/aromatic N) is 4. The second-order valence-corrected chi connectivity index (χ2v) is 7.80. The predicted octanol–water partition coefficient (Wildman–Crippen LogP) is 5.32. The number of rotatable bonds is 4. The zero-order chi connectivity index (χ0) is 21.7. The molecular weight excluding hydrogens is 398 g/mol. The van der Waals surface area contributed by atoms with E-state index in [-0.39, 0.29) is 0 Å². The molecule has 0 aliphatic rings. The Balaban J connectivity index is 1.62. The van der Waals surface area contributed by atoms with Crippen LogP contribution in [0.1, 0.15) is 12.7 Å². The molecule has 32 heavy (non-hydrogen) atoms. The van der Waals surface area contributed by atoms with Gasteiger partial charge < -0.3 is 15.3 Å². The average molecular weight is 419 g/mol. The summed E-state index contributed by atoms with van der Waals surface area (Å²) in [6.45, 7) is 2.09. The van der Waals surface area contributed by atoms with E-state index < -0.39 is 0 Å². The number of imidazole rings is 2. The Hall–Kier alpha value is -4.26. The van der Waals surface area contributed by atoms with Crippen molar-refractivity contribution in [1.29, 1.82) is 0 Å². The minimum atomic E-state index is 0.739. The molecule has 6 rings (SSSR count). The molecule has 0 saturated carbocycles. The first-order chi connectivity index (χ1) is 15.7. The van der Waals surface area contributed by atoms with E-state index in [9.17, 15) is 0 Å². The van der Waals surface area contributed by atoms with Gasteiger partial charge in [-0.05, 0) is 28.3 Å². The highest BCUT2D eigenvalue weighted by Crippen LogP contribution is 2.37. The maximum absolute atomic E-state index is 4.67. The first-order valence-electron chi connectivity index (χ1n) is 10.6. The normalized spacial score (nSPS) is 11.6. The largest absolute Gasteiger partial charge is 0.359 e. The Morgan fingerprint density at radius 1 is 0.750 bits per heavy atom. The Kier molecular flexibility index (Phi) is 4.14. The van der Waals surface area contributed by atoms with E-state index in [4.69, 9.17) is 0 Å². The first kappa shape index (κ1) is 18.5. The van der Waals surface area contributed by atoms with E-state index in [0.717, 1.165) is 67.8 Å². The number of hydrogen-bond donors (Lipinski definition) is 3. The topological polar surface area (TPSA) is 95.2 Å². The maximum atomic E-state index is 4.67. The molecule has 0 atom stereocenters. The number of anilines is 1. The fraction of sp³-hybridized carbons (Fsp3) is 0.120. The van der Waals surface area contributed by atoms with Gasteiger partial charge in [-0.25, -0.2) is 19.9 Å². The standard InChI is InChI=1S/C25H21N7/c1-3-23-28-11-21(31-23)14-4-6-16-17-7-5-15(22-12-29-25(26-2)32-22)9-19(17)24-20(18(16)8-14)10-27-13-30-24/h4-13H,3H2,1-2H3,(H,28,31)(H2,26,29,32). The van der Waals surface area contributed by atoms with Crippen molar-refractivity contribution in [2.24, 2.45) is 0 Å². The summed E-state index contributed by atoms with van der Waals surface area (Å²) in [6, 6.07) is 13.0. The monoisotopic (exact) mass is 419 g/mol. The van der Waals surface area contributed by atoms with Crippen molar-refractivity contribution in [3.63, 3.8) is 0 Å². The van der Waals surface area contributed by atoms with Gasteiger partial charge in [0.15, 0.2) is 5.95 Å². The van der Waals surface area contributed by atoms with Crippen LogP contribution < -0.4 is 5.32 Å². The van der Waals surface area contributed by atoms with Crippen molar-refractivity contribution in [1.82, 2.24) is 29.9 Å². The van der Waals surface area contributed by atoms with Crippen LogP contribution in [-0.2, 0) is 6.42 Å². The summed E-state index contributed by atoms with van der Waals surface area (Å²) in [5.41, 5.74) is 5.08. The maximum Gasteiger partial charge on any atom is 0.200 e. The molecule has 7 nitrogen and oxygen atoms in total. The van der Waals surface area contributed by atoms with Crippen molar-refractivity contribution < 1.29 is 0 Å². The molecule has 156 valence electrons. The Bertz CT molecular complexity index is 1470. The van der Waals surface area contributed by atoms with Gasteiger partial charge in [0.25, 0.3) is 0 Å². The van der Waals surface area contributed by atoms with Gasteiger partial charge in [-0.1, -0.05) is 31.2 Å². The summed E-state index contributed by atoms with van der Waals surface area (Å²) in [7, 11) is 1.85. The molecule has 6 aromatic rings. The van der Waals surface area contributed by atoms with Crippen molar-refractivity contribution >= 4 is 38.4 Å². The summed E-state index contributed by atoms with van der Waals surface area (Å²) in [5.74, 6) is 1.72. The van der Waals surface area contributed by atoms with Crippen molar-refractivity contribution in [2.75, 3.05) is 12.4 Å². The second-order valence-electron chi connectivity index (χ2n) is 7.80. The highest BCUT2D eigenvalue weighted by atomic mass is 15.1. The van der Waals surface area contributed by atoms with E-state index >= 15 is 0 Å². The zero-order valence-electron chi connectivity index (χ0n) is 17.8. The fourth-order valence-corrected chi connectivity index (χ4v) is 4.34. The third kappa shape index (κ3) is 2.82. The van der Waals surface area contributed by atoms with Crippen LogP contribution in [0.5, 0.6) is 0 Å². The Morgan fingerprint density at radius 3 is 2.19 bits per heavy atom. The first-order valence-corrected chi connectivity index (χ1v) is 10.6. The number of hydrogen-bond acceptors (Lipinski definition) is 5. The van der Waals surface area contributed by atoms with E-state index in [0.29, 0.717) is 0 Å². The van der Waals surface area contributed by atoms with Crippen LogP contribution in [0, 0.1) is 0 Å². The lowest BCUT2D eigenvalue weighted by atomic mass is 9.94. The molecule has 7 heteroatoms. The third-order valence-electron chi connectivity index (χ3n) is 5.98. The number of benzene rings is 3. The number of aromatic amines is 2. The highest BCUT2D eigenvalue weighted by molar-refractivity contribution is 6.24. The van der Waals surface area contributed by atoms with Crippen LogP contribution in [0.15, 0.2) is 61.3 Å². The summed E-state index contributed by atoms with van der Waals surface area (Å²) in [4.78, 5) is 24.5. The van der Waals surface area contributed by atoms with Gasteiger partial charge in [-0.15, -0.1) is 0 Å². The predicted molar refractivity (Wildman–Crippen MR) is 129 cm³/mol. The van der Waals surface area contributed by atoms with Crippen LogP contribution in [0.4, 0.5) is 5.95 Å². The van der Waals surface area contributed by atoms with E-state index in [1.807, 2.05) is 25.6 Å². The van der Waals surface area contributed by atoms with Gasteiger partial charge in [0.1, 0.15) is 12.2 Å². The Labute approximate surface area is 184 Å². The van der Waals surface area contributed by atoms with Gasteiger partial charge in [-0.3, -0.25) is 0 Å².